The second kappa shape index (κ2) is 5.37. The molecule has 0 N–H and O–H groups in total. The van der Waals surface area contributed by atoms with Crippen LogP contribution in [0.25, 0.3) is 0 Å². The molecule has 0 unspecified atom stereocenters. The van der Waals surface area contributed by atoms with Crippen LogP contribution in [0.2, 0.25) is 0 Å². The summed E-state index contributed by atoms with van der Waals surface area (Å²) in [6.07, 6.45) is 0. The molecule has 0 aliphatic rings. The van der Waals surface area contributed by atoms with Crippen LogP contribution in [0.5, 0.6) is 5.75 Å². The number of hydrogen-bond acceptors (Lipinski definition) is 1. The number of ether oxygens (including phenoxy) is 1. The molecule has 0 aliphatic heterocycles. The van der Waals surface area contributed by atoms with Gasteiger partial charge in [0, 0.05) is 4.47 Å². The maximum absolute atomic E-state index is 5.79. The summed E-state index contributed by atoms with van der Waals surface area (Å²) in [5.41, 5.74) is 3.68. The molecule has 0 saturated heterocycles. The summed E-state index contributed by atoms with van der Waals surface area (Å²) in [7, 11) is 0. The third kappa shape index (κ3) is 3.10. The smallest absolute Gasteiger partial charge is 0.120 e. The average molecular weight is 291 g/mol. The van der Waals surface area contributed by atoms with E-state index in [2.05, 4.69) is 41.9 Å². The molecule has 17 heavy (non-hydrogen) atoms. The number of rotatable bonds is 3. The molecule has 0 bridgehead atoms. The van der Waals surface area contributed by atoms with Gasteiger partial charge in [0.2, 0.25) is 0 Å². The molecule has 0 atom stereocenters. The molecule has 1 nitrogen and oxygen atoms in total. The molecular formula is C15H15BrO. The van der Waals surface area contributed by atoms with Crippen LogP contribution in [0.4, 0.5) is 0 Å². The lowest BCUT2D eigenvalue weighted by atomic mass is 10.1. The van der Waals surface area contributed by atoms with Gasteiger partial charge in [-0.3, -0.25) is 0 Å². The minimum atomic E-state index is 0.619. The van der Waals surface area contributed by atoms with Crippen molar-refractivity contribution in [3.8, 4) is 5.75 Å². The van der Waals surface area contributed by atoms with E-state index in [0.717, 1.165) is 10.2 Å². The fourth-order valence-electron chi connectivity index (χ4n) is 1.64. The van der Waals surface area contributed by atoms with Crippen molar-refractivity contribution < 1.29 is 4.74 Å². The molecule has 88 valence electrons. The van der Waals surface area contributed by atoms with Gasteiger partial charge in [0.1, 0.15) is 12.4 Å². The predicted molar refractivity (Wildman–Crippen MR) is 74.4 cm³/mol. The maximum atomic E-state index is 5.79. The van der Waals surface area contributed by atoms with Crippen molar-refractivity contribution in [2.24, 2.45) is 0 Å². The van der Waals surface area contributed by atoms with E-state index in [1.807, 2.05) is 30.3 Å². The molecule has 0 spiro atoms. The Kier molecular flexibility index (Phi) is 3.85. The second-order valence-electron chi connectivity index (χ2n) is 4.13. The van der Waals surface area contributed by atoms with Crippen molar-refractivity contribution in [1.82, 2.24) is 0 Å². The van der Waals surface area contributed by atoms with Crippen LogP contribution >= 0.6 is 15.9 Å². The summed E-state index contributed by atoms with van der Waals surface area (Å²) in [4.78, 5) is 0. The summed E-state index contributed by atoms with van der Waals surface area (Å²) in [5.74, 6) is 0.911. The Hall–Kier alpha value is -1.28. The summed E-state index contributed by atoms with van der Waals surface area (Å²) >= 11 is 3.48. The lowest BCUT2D eigenvalue weighted by Crippen LogP contribution is -1.97. The lowest BCUT2D eigenvalue weighted by molar-refractivity contribution is 0.305. The SMILES string of the molecule is Cc1cc(OCc2ccccc2C)ccc1Br. The first kappa shape index (κ1) is 12.2. The molecule has 0 amide bonds. The van der Waals surface area contributed by atoms with Gasteiger partial charge in [0.15, 0.2) is 0 Å². The van der Waals surface area contributed by atoms with Gasteiger partial charge in [-0.15, -0.1) is 0 Å². The van der Waals surface area contributed by atoms with Crippen LogP contribution in [-0.2, 0) is 6.61 Å². The van der Waals surface area contributed by atoms with Crippen molar-refractivity contribution in [1.29, 1.82) is 0 Å². The first-order chi connectivity index (χ1) is 8.16. The highest BCUT2D eigenvalue weighted by Gasteiger charge is 2.00. The number of halogens is 1. The number of aryl methyl sites for hydroxylation is 2. The van der Waals surface area contributed by atoms with Gasteiger partial charge in [0.05, 0.1) is 0 Å². The van der Waals surface area contributed by atoms with Crippen molar-refractivity contribution in [2.45, 2.75) is 20.5 Å². The Bertz CT molecular complexity index is 520. The quantitative estimate of drug-likeness (QED) is 0.800. The molecule has 0 radical (unpaired) electrons. The van der Waals surface area contributed by atoms with Crippen LogP contribution in [0.15, 0.2) is 46.9 Å². The molecule has 2 aromatic carbocycles. The Morgan fingerprint density at radius 2 is 1.76 bits per heavy atom. The van der Waals surface area contributed by atoms with Crippen molar-refractivity contribution in [2.75, 3.05) is 0 Å². The van der Waals surface area contributed by atoms with Crippen LogP contribution in [0.1, 0.15) is 16.7 Å². The van der Waals surface area contributed by atoms with E-state index in [9.17, 15) is 0 Å². The third-order valence-corrected chi connectivity index (χ3v) is 3.67. The van der Waals surface area contributed by atoms with Crippen molar-refractivity contribution in [3.63, 3.8) is 0 Å². The Balaban J connectivity index is 2.08. The summed E-state index contributed by atoms with van der Waals surface area (Å²) in [6.45, 7) is 4.78. The molecule has 0 aliphatic carbocycles. The Morgan fingerprint density at radius 3 is 2.47 bits per heavy atom. The number of benzene rings is 2. The highest BCUT2D eigenvalue weighted by Crippen LogP contribution is 2.22. The van der Waals surface area contributed by atoms with E-state index in [1.54, 1.807) is 0 Å². The zero-order valence-corrected chi connectivity index (χ0v) is 11.6. The molecule has 0 heterocycles. The lowest BCUT2D eigenvalue weighted by Gasteiger charge is -2.09. The molecule has 2 rings (SSSR count). The van der Waals surface area contributed by atoms with Crippen molar-refractivity contribution in [3.05, 3.63) is 63.6 Å². The normalized spacial score (nSPS) is 10.3. The highest BCUT2D eigenvalue weighted by atomic mass is 79.9. The van der Waals surface area contributed by atoms with Crippen molar-refractivity contribution >= 4 is 15.9 Å². The van der Waals surface area contributed by atoms with Crippen LogP contribution in [0.3, 0.4) is 0 Å². The first-order valence-electron chi connectivity index (χ1n) is 5.60. The predicted octanol–water partition coefficient (Wildman–Crippen LogP) is 4.64. The van der Waals surface area contributed by atoms with Gasteiger partial charge in [-0.1, -0.05) is 40.2 Å². The Morgan fingerprint density at radius 1 is 1.00 bits per heavy atom. The minimum Gasteiger partial charge on any atom is -0.489 e. The minimum absolute atomic E-state index is 0.619. The second-order valence-corrected chi connectivity index (χ2v) is 4.98. The third-order valence-electron chi connectivity index (χ3n) is 2.79. The van der Waals surface area contributed by atoms with E-state index in [0.29, 0.717) is 6.61 Å². The van der Waals surface area contributed by atoms with E-state index >= 15 is 0 Å². The zero-order chi connectivity index (χ0) is 12.3. The average Bonchev–Trinajstić information content (AvgIpc) is 2.32. The van der Waals surface area contributed by atoms with Crippen LogP contribution < -0.4 is 4.74 Å². The monoisotopic (exact) mass is 290 g/mol. The molecule has 2 aromatic rings. The fourth-order valence-corrected chi connectivity index (χ4v) is 1.89. The highest BCUT2D eigenvalue weighted by molar-refractivity contribution is 9.10. The molecule has 2 heteroatoms. The van der Waals surface area contributed by atoms with Gasteiger partial charge in [-0.25, -0.2) is 0 Å². The topological polar surface area (TPSA) is 9.23 Å². The van der Waals surface area contributed by atoms with E-state index < -0.39 is 0 Å². The Labute approximate surface area is 111 Å². The first-order valence-corrected chi connectivity index (χ1v) is 6.39. The van der Waals surface area contributed by atoms with E-state index in [4.69, 9.17) is 4.74 Å². The summed E-state index contributed by atoms with van der Waals surface area (Å²) in [6, 6.07) is 14.3. The number of hydrogen-bond donors (Lipinski definition) is 0. The standard InChI is InChI=1S/C15H15BrO/c1-11-5-3-4-6-13(11)10-17-14-7-8-15(16)12(2)9-14/h3-9H,10H2,1-2H3. The summed E-state index contributed by atoms with van der Waals surface area (Å²) < 4.78 is 6.90. The maximum Gasteiger partial charge on any atom is 0.120 e. The molecule has 0 fully saturated rings. The zero-order valence-electron chi connectivity index (χ0n) is 10.0. The molecular weight excluding hydrogens is 276 g/mol. The van der Waals surface area contributed by atoms with Crippen LogP contribution in [0, 0.1) is 13.8 Å². The van der Waals surface area contributed by atoms with Gasteiger partial charge in [-0.2, -0.15) is 0 Å². The summed E-state index contributed by atoms with van der Waals surface area (Å²) in [5, 5.41) is 0. The van der Waals surface area contributed by atoms with Gasteiger partial charge >= 0.3 is 0 Å². The fraction of sp³-hybridized carbons (Fsp3) is 0.200. The van der Waals surface area contributed by atoms with E-state index in [-0.39, 0.29) is 0 Å². The van der Waals surface area contributed by atoms with Gasteiger partial charge in [-0.05, 0) is 48.7 Å². The van der Waals surface area contributed by atoms with Gasteiger partial charge < -0.3 is 4.74 Å². The molecule has 0 aromatic heterocycles. The van der Waals surface area contributed by atoms with E-state index in [1.165, 1.54) is 16.7 Å². The van der Waals surface area contributed by atoms with Crippen LogP contribution in [-0.4, -0.2) is 0 Å². The largest absolute Gasteiger partial charge is 0.489 e. The molecule has 0 saturated carbocycles. The van der Waals surface area contributed by atoms with Gasteiger partial charge in [0.25, 0.3) is 0 Å².